The summed E-state index contributed by atoms with van der Waals surface area (Å²) in [6.45, 7) is 1.33. The maximum atomic E-state index is 10.0. The Kier molecular flexibility index (Phi) is 5.86. The molecule has 0 saturated carbocycles. The van der Waals surface area contributed by atoms with Gasteiger partial charge in [0.25, 0.3) is 0 Å². The fourth-order valence-electron chi connectivity index (χ4n) is 1.93. The molecule has 0 aromatic heterocycles. The molecule has 1 atom stereocenters. The van der Waals surface area contributed by atoms with Crippen LogP contribution in [0.15, 0.2) is 48.5 Å². The van der Waals surface area contributed by atoms with Crippen molar-refractivity contribution in [3.05, 3.63) is 69.7 Å². The monoisotopic (exact) mass is 309 g/mol. The average molecular weight is 310 g/mol. The SMILES string of the molecule is OC(CNCCc1ccc(Cl)cc1)c1ccc(Cl)cc1. The van der Waals surface area contributed by atoms with Crippen molar-refractivity contribution in [3.63, 3.8) is 0 Å². The van der Waals surface area contributed by atoms with E-state index in [-0.39, 0.29) is 0 Å². The van der Waals surface area contributed by atoms with Gasteiger partial charge >= 0.3 is 0 Å². The van der Waals surface area contributed by atoms with Gasteiger partial charge in [0.2, 0.25) is 0 Å². The lowest BCUT2D eigenvalue weighted by molar-refractivity contribution is 0.175. The fourth-order valence-corrected chi connectivity index (χ4v) is 2.18. The van der Waals surface area contributed by atoms with Gasteiger partial charge in [0, 0.05) is 16.6 Å². The maximum Gasteiger partial charge on any atom is 0.0914 e. The van der Waals surface area contributed by atoms with Gasteiger partial charge in [0.05, 0.1) is 6.10 Å². The third-order valence-electron chi connectivity index (χ3n) is 3.10. The number of halogens is 2. The van der Waals surface area contributed by atoms with Crippen LogP contribution in [0.25, 0.3) is 0 Å². The molecule has 0 aliphatic heterocycles. The number of nitrogens with one attached hydrogen (secondary N) is 1. The van der Waals surface area contributed by atoms with Crippen molar-refractivity contribution >= 4 is 23.2 Å². The number of hydrogen-bond donors (Lipinski definition) is 2. The van der Waals surface area contributed by atoms with Crippen LogP contribution in [0.1, 0.15) is 17.2 Å². The molecule has 0 heterocycles. The highest BCUT2D eigenvalue weighted by Crippen LogP contribution is 2.15. The van der Waals surface area contributed by atoms with Gasteiger partial charge in [-0.25, -0.2) is 0 Å². The van der Waals surface area contributed by atoms with E-state index in [1.807, 2.05) is 36.4 Å². The Hall–Kier alpha value is -1.06. The zero-order valence-corrected chi connectivity index (χ0v) is 12.5. The van der Waals surface area contributed by atoms with Crippen molar-refractivity contribution in [2.24, 2.45) is 0 Å². The Morgan fingerprint density at radius 1 is 0.900 bits per heavy atom. The lowest BCUT2D eigenvalue weighted by Gasteiger charge is -2.12. The van der Waals surface area contributed by atoms with Crippen molar-refractivity contribution in [2.75, 3.05) is 13.1 Å². The lowest BCUT2D eigenvalue weighted by atomic mass is 10.1. The highest BCUT2D eigenvalue weighted by molar-refractivity contribution is 6.30. The Morgan fingerprint density at radius 2 is 1.45 bits per heavy atom. The molecule has 106 valence electrons. The van der Waals surface area contributed by atoms with Gasteiger partial charge < -0.3 is 10.4 Å². The summed E-state index contributed by atoms with van der Waals surface area (Å²) in [5.41, 5.74) is 2.09. The molecule has 0 bridgehead atoms. The van der Waals surface area contributed by atoms with Gasteiger partial charge in [-0.05, 0) is 48.4 Å². The van der Waals surface area contributed by atoms with E-state index in [1.54, 1.807) is 12.1 Å². The van der Waals surface area contributed by atoms with Gasteiger partial charge in [0.1, 0.15) is 0 Å². The molecule has 2 aromatic rings. The van der Waals surface area contributed by atoms with Gasteiger partial charge in [0.15, 0.2) is 0 Å². The van der Waals surface area contributed by atoms with Crippen molar-refractivity contribution in [1.82, 2.24) is 5.32 Å². The van der Waals surface area contributed by atoms with Crippen molar-refractivity contribution in [1.29, 1.82) is 0 Å². The first-order valence-electron chi connectivity index (χ1n) is 6.54. The van der Waals surface area contributed by atoms with Gasteiger partial charge in [-0.2, -0.15) is 0 Å². The summed E-state index contributed by atoms with van der Waals surface area (Å²) in [4.78, 5) is 0. The molecule has 0 radical (unpaired) electrons. The first-order valence-corrected chi connectivity index (χ1v) is 7.29. The van der Waals surface area contributed by atoms with Crippen LogP contribution in [0, 0.1) is 0 Å². The highest BCUT2D eigenvalue weighted by Gasteiger charge is 2.06. The average Bonchev–Trinajstić information content (AvgIpc) is 2.46. The fraction of sp³-hybridized carbons (Fsp3) is 0.250. The molecule has 0 saturated heterocycles. The van der Waals surface area contributed by atoms with E-state index < -0.39 is 6.10 Å². The van der Waals surface area contributed by atoms with Crippen LogP contribution in [-0.4, -0.2) is 18.2 Å². The zero-order valence-electron chi connectivity index (χ0n) is 11.0. The quantitative estimate of drug-likeness (QED) is 0.794. The van der Waals surface area contributed by atoms with E-state index in [0.717, 1.165) is 23.6 Å². The van der Waals surface area contributed by atoms with Gasteiger partial charge in [-0.15, -0.1) is 0 Å². The van der Waals surface area contributed by atoms with Crippen LogP contribution in [0.5, 0.6) is 0 Å². The number of benzene rings is 2. The number of aliphatic hydroxyl groups excluding tert-OH is 1. The summed E-state index contributed by atoms with van der Waals surface area (Å²) >= 11 is 11.7. The molecule has 0 spiro atoms. The molecule has 20 heavy (non-hydrogen) atoms. The third-order valence-corrected chi connectivity index (χ3v) is 3.60. The first-order chi connectivity index (χ1) is 9.65. The van der Waals surface area contributed by atoms with Crippen LogP contribution in [0.3, 0.4) is 0 Å². The summed E-state index contributed by atoms with van der Waals surface area (Å²) in [7, 11) is 0. The predicted octanol–water partition coefficient (Wildman–Crippen LogP) is 3.86. The molecule has 0 amide bonds. The standard InChI is InChI=1S/C16H17Cl2NO/c17-14-5-1-12(2-6-14)9-10-19-11-16(20)13-3-7-15(18)8-4-13/h1-8,16,19-20H,9-11H2. The molecule has 0 aliphatic rings. The van der Waals surface area contributed by atoms with Crippen molar-refractivity contribution in [2.45, 2.75) is 12.5 Å². The predicted molar refractivity (Wildman–Crippen MR) is 84.4 cm³/mol. The first kappa shape index (κ1) is 15.3. The van der Waals surface area contributed by atoms with E-state index in [2.05, 4.69) is 5.32 Å². The molecule has 2 rings (SSSR count). The molecule has 4 heteroatoms. The number of aliphatic hydroxyl groups is 1. The minimum atomic E-state index is -0.516. The molecular weight excluding hydrogens is 293 g/mol. The molecule has 0 fully saturated rings. The topological polar surface area (TPSA) is 32.3 Å². The third kappa shape index (κ3) is 4.80. The Labute approximate surface area is 129 Å². The van der Waals surface area contributed by atoms with Crippen molar-refractivity contribution in [3.8, 4) is 0 Å². The zero-order chi connectivity index (χ0) is 14.4. The van der Waals surface area contributed by atoms with E-state index in [1.165, 1.54) is 5.56 Å². The summed E-state index contributed by atoms with van der Waals surface area (Å²) in [5, 5.41) is 14.7. The van der Waals surface area contributed by atoms with E-state index in [0.29, 0.717) is 11.6 Å². The summed E-state index contributed by atoms with van der Waals surface area (Å²) < 4.78 is 0. The number of hydrogen-bond acceptors (Lipinski definition) is 2. The summed E-state index contributed by atoms with van der Waals surface area (Å²) in [6, 6.07) is 15.1. The second kappa shape index (κ2) is 7.65. The maximum absolute atomic E-state index is 10.0. The Bertz CT molecular complexity index is 525. The molecular formula is C16H17Cl2NO. The van der Waals surface area contributed by atoms with Gasteiger partial charge in [-0.3, -0.25) is 0 Å². The van der Waals surface area contributed by atoms with E-state index >= 15 is 0 Å². The Balaban J connectivity index is 1.72. The molecule has 2 aromatic carbocycles. The van der Waals surface area contributed by atoms with Crippen LogP contribution < -0.4 is 5.32 Å². The minimum Gasteiger partial charge on any atom is -0.387 e. The van der Waals surface area contributed by atoms with E-state index in [9.17, 15) is 5.11 Å². The summed E-state index contributed by atoms with van der Waals surface area (Å²) in [6.07, 6.45) is 0.391. The largest absolute Gasteiger partial charge is 0.387 e. The van der Waals surface area contributed by atoms with Crippen molar-refractivity contribution < 1.29 is 5.11 Å². The van der Waals surface area contributed by atoms with Crippen LogP contribution in [0.4, 0.5) is 0 Å². The molecule has 2 nitrogen and oxygen atoms in total. The van der Waals surface area contributed by atoms with Crippen LogP contribution in [0.2, 0.25) is 10.0 Å². The van der Waals surface area contributed by atoms with Crippen LogP contribution in [-0.2, 0) is 6.42 Å². The molecule has 1 unspecified atom stereocenters. The lowest BCUT2D eigenvalue weighted by Crippen LogP contribution is -2.23. The van der Waals surface area contributed by atoms with Gasteiger partial charge in [-0.1, -0.05) is 47.5 Å². The smallest absolute Gasteiger partial charge is 0.0914 e. The second-order valence-corrected chi connectivity index (χ2v) is 5.52. The minimum absolute atomic E-state index is 0.516. The Morgan fingerprint density at radius 3 is 2.05 bits per heavy atom. The molecule has 0 aliphatic carbocycles. The summed E-state index contributed by atoms with van der Waals surface area (Å²) in [5.74, 6) is 0. The second-order valence-electron chi connectivity index (χ2n) is 4.65. The normalized spacial score (nSPS) is 12.3. The number of rotatable bonds is 6. The highest BCUT2D eigenvalue weighted by atomic mass is 35.5. The molecule has 2 N–H and O–H groups in total. The van der Waals surface area contributed by atoms with E-state index in [4.69, 9.17) is 23.2 Å². The van der Waals surface area contributed by atoms with Crippen LogP contribution >= 0.6 is 23.2 Å².